The second-order valence-electron chi connectivity index (χ2n) is 8.52. The Morgan fingerprint density at radius 3 is 2.52 bits per heavy atom. The van der Waals surface area contributed by atoms with E-state index in [-0.39, 0.29) is 27.7 Å². The van der Waals surface area contributed by atoms with Gasteiger partial charge in [0.15, 0.2) is 0 Å². The van der Waals surface area contributed by atoms with Crippen molar-refractivity contribution in [3.8, 4) is 0 Å². The van der Waals surface area contributed by atoms with Crippen LogP contribution in [0.5, 0.6) is 0 Å². The van der Waals surface area contributed by atoms with Crippen molar-refractivity contribution in [1.82, 2.24) is 25.3 Å². The summed E-state index contributed by atoms with van der Waals surface area (Å²) in [5.41, 5.74) is 0.649. The summed E-state index contributed by atoms with van der Waals surface area (Å²) in [5.74, 6) is -0.901. The summed E-state index contributed by atoms with van der Waals surface area (Å²) in [5, 5.41) is 13.9. The highest BCUT2D eigenvalue weighted by atomic mass is 32.1. The third-order valence-corrected chi connectivity index (χ3v) is 7.00. The van der Waals surface area contributed by atoms with Crippen molar-refractivity contribution in [1.29, 1.82) is 0 Å². The predicted octanol–water partition coefficient (Wildman–Crippen LogP) is 2.24. The molecular weight excluding hydrogens is 440 g/mol. The van der Waals surface area contributed by atoms with Crippen LogP contribution in [0.1, 0.15) is 51.7 Å². The van der Waals surface area contributed by atoms with Crippen molar-refractivity contribution >= 4 is 34.7 Å². The normalized spacial score (nSPS) is 19.2. The van der Waals surface area contributed by atoms with Crippen LogP contribution in [0, 0.1) is 5.92 Å². The molecule has 4 rings (SSSR count). The molecule has 1 aromatic heterocycles. The lowest BCUT2D eigenvalue weighted by atomic mass is 9.97. The molecule has 0 spiro atoms. The summed E-state index contributed by atoms with van der Waals surface area (Å²) in [6.45, 7) is 4.66. The molecule has 9 nitrogen and oxygen atoms in total. The van der Waals surface area contributed by atoms with Crippen LogP contribution in [-0.2, 0) is 4.79 Å². The van der Waals surface area contributed by atoms with Gasteiger partial charge in [-0.1, -0.05) is 36.0 Å². The zero-order chi connectivity index (χ0) is 23.0. The molecular formula is C23H30N6O3S. The Hall–Kier alpha value is -2.85. The van der Waals surface area contributed by atoms with Gasteiger partial charge in [-0.15, -0.1) is 10.2 Å². The summed E-state index contributed by atoms with van der Waals surface area (Å²) < 4.78 is 0. The van der Waals surface area contributed by atoms with Gasteiger partial charge in [-0.2, -0.15) is 0 Å². The lowest BCUT2D eigenvalue weighted by molar-refractivity contribution is -0.126. The number of benzene rings is 1. The van der Waals surface area contributed by atoms with Crippen LogP contribution < -0.4 is 10.6 Å². The minimum Gasteiger partial charge on any atom is -0.355 e. The maximum absolute atomic E-state index is 12.9. The molecule has 2 N–H and O–H groups in total. The van der Waals surface area contributed by atoms with Crippen molar-refractivity contribution in [2.75, 3.05) is 44.6 Å². The van der Waals surface area contributed by atoms with Gasteiger partial charge in [-0.25, -0.2) is 0 Å². The molecule has 0 radical (unpaired) electrons. The van der Waals surface area contributed by atoms with E-state index in [4.69, 9.17) is 0 Å². The van der Waals surface area contributed by atoms with Crippen molar-refractivity contribution in [2.45, 2.75) is 32.1 Å². The van der Waals surface area contributed by atoms with E-state index < -0.39 is 5.91 Å². The fourth-order valence-corrected chi connectivity index (χ4v) is 4.99. The largest absolute Gasteiger partial charge is 0.355 e. The van der Waals surface area contributed by atoms with E-state index in [1.807, 2.05) is 18.2 Å². The number of carbonyl (C=O) groups is 3. The molecule has 1 unspecified atom stereocenters. The van der Waals surface area contributed by atoms with Crippen LogP contribution in [0.15, 0.2) is 30.3 Å². The van der Waals surface area contributed by atoms with Gasteiger partial charge in [0.1, 0.15) is 0 Å². The van der Waals surface area contributed by atoms with E-state index in [0.717, 1.165) is 43.8 Å². The predicted molar refractivity (Wildman–Crippen MR) is 126 cm³/mol. The monoisotopic (exact) mass is 470 g/mol. The Bertz CT molecular complexity index is 960. The summed E-state index contributed by atoms with van der Waals surface area (Å²) in [6, 6.07) is 9.05. The van der Waals surface area contributed by atoms with E-state index in [1.54, 1.807) is 17.0 Å². The maximum atomic E-state index is 12.9. The Morgan fingerprint density at radius 1 is 0.970 bits per heavy atom. The molecule has 2 aliphatic heterocycles. The summed E-state index contributed by atoms with van der Waals surface area (Å²) >= 11 is 0.970. The molecule has 33 heavy (non-hydrogen) atoms. The average molecular weight is 471 g/mol. The van der Waals surface area contributed by atoms with Crippen molar-refractivity contribution in [2.24, 2.45) is 5.92 Å². The molecule has 2 aliphatic rings. The smallest absolute Gasteiger partial charge is 0.286 e. The maximum Gasteiger partial charge on any atom is 0.286 e. The Balaban J connectivity index is 1.27. The number of hydrogen-bond acceptors (Lipinski definition) is 7. The second-order valence-corrected chi connectivity index (χ2v) is 9.49. The van der Waals surface area contributed by atoms with E-state index in [0.29, 0.717) is 25.3 Å². The van der Waals surface area contributed by atoms with Crippen molar-refractivity contribution < 1.29 is 14.4 Å². The van der Waals surface area contributed by atoms with Gasteiger partial charge in [0.25, 0.3) is 11.8 Å². The lowest BCUT2D eigenvalue weighted by Gasteiger charge is -2.32. The topological polar surface area (TPSA) is 108 Å². The van der Waals surface area contributed by atoms with Gasteiger partial charge in [0.2, 0.25) is 15.9 Å². The van der Waals surface area contributed by atoms with Gasteiger partial charge >= 0.3 is 0 Å². The summed E-state index contributed by atoms with van der Waals surface area (Å²) in [6.07, 6.45) is 5.28. The second kappa shape index (κ2) is 11.3. The lowest BCUT2D eigenvalue weighted by Crippen LogP contribution is -2.46. The number of rotatable bonds is 7. The highest BCUT2D eigenvalue weighted by Crippen LogP contribution is 2.21. The fourth-order valence-electron chi connectivity index (χ4n) is 4.28. The number of hydrogen-bond donors (Lipinski definition) is 2. The van der Waals surface area contributed by atoms with E-state index in [1.165, 1.54) is 19.3 Å². The molecule has 2 aromatic rings. The number of anilines is 1. The highest BCUT2D eigenvalue weighted by Gasteiger charge is 2.31. The molecule has 0 saturated carbocycles. The number of para-hydroxylation sites is 1. The van der Waals surface area contributed by atoms with Crippen LogP contribution in [0.4, 0.5) is 5.69 Å². The third kappa shape index (κ3) is 6.35. The molecule has 176 valence electrons. The molecule has 3 amide bonds. The van der Waals surface area contributed by atoms with Crippen molar-refractivity contribution in [3.05, 3.63) is 40.3 Å². The van der Waals surface area contributed by atoms with Gasteiger partial charge in [0, 0.05) is 31.9 Å². The Morgan fingerprint density at radius 2 is 1.73 bits per heavy atom. The quantitative estimate of drug-likeness (QED) is 0.643. The average Bonchev–Trinajstić information content (AvgIpc) is 3.35. The third-order valence-electron chi connectivity index (χ3n) is 6.09. The number of carbonyl (C=O) groups excluding carboxylic acids is 3. The first-order valence-corrected chi connectivity index (χ1v) is 12.4. The number of likely N-dealkylation sites (tertiary alicyclic amines) is 2. The van der Waals surface area contributed by atoms with Crippen LogP contribution in [0.3, 0.4) is 0 Å². The molecule has 1 atom stereocenters. The van der Waals surface area contributed by atoms with Crippen molar-refractivity contribution in [3.63, 3.8) is 0 Å². The number of amides is 3. The van der Waals surface area contributed by atoms with Crippen LogP contribution in [0.2, 0.25) is 0 Å². The minimum atomic E-state index is -0.401. The number of piperidine rings is 2. The van der Waals surface area contributed by atoms with E-state index >= 15 is 0 Å². The van der Waals surface area contributed by atoms with Crippen LogP contribution in [0.25, 0.3) is 0 Å². The van der Waals surface area contributed by atoms with Crippen LogP contribution >= 0.6 is 11.3 Å². The molecule has 0 aliphatic carbocycles. The van der Waals surface area contributed by atoms with Gasteiger partial charge in [-0.3, -0.25) is 14.4 Å². The molecule has 3 heterocycles. The van der Waals surface area contributed by atoms with E-state index in [2.05, 4.69) is 25.7 Å². The number of aromatic nitrogens is 2. The van der Waals surface area contributed by atoms with Gasteiger partial charge < -0.3 is 20.4 Å². The first-order valence-electron chi connectivity index (χ1n) is 11.6. The minimum absolute atomic E-state index is 0.00435. The van der Waals surface area contributed by atoms with E-state index in [9.17, 15) is 14.4 Å². The zero-order valence-electron chi connectivity index (χ0n) is 18.7. The van der Waals surface area contributed by atoms with Gasteiger partial charge in [0.05, 0.1) is 5.92 Å². The number of nitrogens with one attached hydrogen (secondary N) is 2. The van der Waals surface area contributed by atoms with Gasteiger partial charge in [-0.05, 0) is 50.9 Å². The first kappa shape index (κ1) is 23.3. The SMILES string of the molecule is O=C(Nc1ccccc1)c1nnc(C(=O)N2CCCC(C(=O)NCCN3CCCCC3)C2)s1. The summed E-state index contributed by atoms with van der Waals surface area (Å²) in [7, 11) is 0. The molecule has 2 fully saturated rings. The fraction of sp³-hybridized carbons (Fsp3) is 0.522. The standard InChI is InChI=1S/C23H30N6O3S/c30-19(24-11-15-28-12-5-2-6-13-28)17-8-7-14-29(16-17)23(32)22-27-26-21(33-22)20(31)25-18-9-3-1-4-10-18/h1,3-4,9-10,17H,2,5-8,11-16H2,(H,24,30)(H,25,31). The first-order chi connectivity index (χ1) is 16.1. The molecule has 2 saturated heterocycles. The summed E-state index contributed by atoms with van der Waals surface area (Å²) in [4.78, 5) is 42.1. The number of nitrogens with zero attached hydrogens (tertiary/aromatic N) is 4. The Labute approximate surface area is 197 Å². The highest BCUT2D eigenvalue weighted by molar-refractivity contribution is 7.15. The van der Waals surface area contributed by atoms with Crippen LogP contribution in [-0.4, -0.2) is 77.0 Å². The zero-order valence-corrected chi connectivity index (χ0v) is 19.5. The Kier molecular flexibility index (Phi) is 8.01. The molecule has 1 aromatic carbocycles. The molecule has 0 bridgehead atoms. The molecule has 10 heteroatoms.